The fraction of sp³-hybridized carbons (Fsp3) is 0.250. The Kier molecular flexibility index (Phi) is 5.19. The Morgan fingerprint density at radius 2 is 2.22 bits per heavy atom. The van der Waals surface area contributed by atoms with Crippen LogP contribution in [0.5, 0.6) is 0 Å². The Labute approximate surface area is 106 Å². The Balaban J connectivity index is 2.60. The predicted octanol–water partition coefficient (Wildman–Crippen LogP) is 0.853. The van der Waals surface area contributed by atoms with Gasteiger partial charge in [-0.3, -0.25) is 5.41 Å². The molecule has 4 N–H and O–H groups in total. The van der Waals surface area contributed by atoms with Gasteiger partial charge < -0.3 is 10.6 Å². The number of nitriles is 1. The van der Waals surface area contributed by atoms with Crippen molar-refractivity contribution in [1.29, 1.82) is 10.7 Å². The first-order valence-electron chi connectivity index (χ1n) is 5.44. The lowest BCUT2D eigenvalue weighted by atomic mass is 10.2. The molecule has 0 radical (unpaired) electrons. The van der Waals surface area contributed by atoms with Gasteiger partial charge in [0.2, 0.25) is 5.96 Å². The molecule has 0 fully saturated rings. The second-order valence-electron chi connectivity index (χ2n) is 3.70. The van der Waals surface area contributed by atoms with Crippen LogP contribution in [0.1, 0.15) is 12.0 Å². The van der Waals surface area contributed by atoms with Crippen LogP contribution in [0.25, 0.3) is 0 Å². The summed E-state index contributed by atoms with van der Waals surface area (Å²) in [5.74, 6) is -0.195. The standard InChI is InChI=1S/C12H16N6/c1-18(8-2-7-13)11-5-3-10(4-6-11)9-16-17-12(14)15/h3-6,9H,2,8H2,1H3,(H4,14,15,17)/b16-9+. The summed E-state index contributed by atoms with van der Waals surface area (Å²) in [5.41, 5.74) is 9.38. The molecule has 0 saturated carbocycles. The van der Waals surface area contributed by atoms with Crippen molar-refractivity contribution < 1.29 is 0 Å². The lowest BCUT2D eigenvalue weighted by molar-refractivity contribution is 0.905. The topological polar surface area (TPSA) is 101 Å². The molecular formula is C12H16N6. The average molecular weight is 244 g/mol. The Hall–Kier alpha value is -2.55. The molecular weight excluding hydrogens is 228 g/mol. The second kappa shape index (κ2) is 6.91. The normalized spacial score (nSPS) is 10.0. The molecule has 1 aromatic carbocycles. The number of nitrogens with one attached hydrogen (secondary N) is 2. The third-order valence-electron chi connectivity index (χ3n) is 2.29. The van der Waals surface area contributed by atoms with E-state index in [1.807, 2.05) is 36.2 Å². The largest absolute Gasteiger partial charge is 0.374 e. The van der Waals surface area contributed by atoms with E-state index in [2.05, 4.69) is 16.6 Å². The van der Waals surface area contributed by atoms with Crippen molar-refractivity contribution in [2.75, 3.05) is 18.5 Å². The van der Waals surface area contributed by atoms with Gasteiger partial charge in [-0.25, -0.2) is 5.43 Å². The van der Waals surface area contributed by atoms with Crippen LogP contribution in [0.4, 0.5) is 5.69 Å². The number of rotatable bonds is 5. The molecule has 18 heavy (non-hydrogen) atoms. The van der Waals surface area contributed by atoms with Crippen molar-refractivity contribution in [2.24, 2.45) is 10.8 Å². The van der Waals surface area contributed by atoms with Crippen LogP contribution in [-0.4, -0.2) is 25.8 Å². The van der Waals surface area contributed by atoms with E-state index in [9.17, 15) is 0 Å². The number of guanidine groups is 1. The van der Waals surface area contributed by atoms with Gasteiger partial charge in [0.25, 0.3) is 0 Å². The number of nitrogens with zero attached hydrogens (tertiary/aromatic N) is 3. The van der Waals surface area contributed by atoms with Gasteiger partial charge in [0, 0.05) is 19.3 Å². The quantitative estimate of drug-likeness (QED) is 0.406. The van der Waals surface area contributed by atoms with Crippen molar-refractivity contribution in [2.45, 2.75) is 6.42 Å². The highest BCUT2D eigenvalue weighted by atomic mass is 15.3. The summed E-state index contributed by atoms with van der Waals surface area (Å²) in [6.07, 6.45) is 2.09. The molecule has 0 spiro atoms. The van der Waals surface area contributed by atoms with Crippen LogP contribution in [0.2, 0.25) is 0 Å². The van der Waals surface area contributed by atoms with Gasteiger partial charge in [0.1, 0.15) is 0 Å². The monoisotopic (exact) mass is 244 g/mol. The molecule has 0 unspecified atom stereocenters. The molecule has 0 saturated heterocycles. The van der Waals surface area contributed by atoms with E-state index in [0.29, 0.717) is 13.0 Å². The van der Waals surface area contributed by atoms with Gasteiger partial charge in [-0.05, 0) is 17.7 Å². The van der Waals surface area contributed by atoms with E-state index in [4.69, 9.17) is 16.4 Å². The first-order chi connectivity index (χ1) is 8.63. The van der Waals surface area contributed by atoms with Gasteiger partial charge >= 0.3 is 0 Å². The zero-order valence-corrected chi connectivity index (χ0v) is 10.2. The molecule has 0 aromatic heterocycles. The number of anilines is 1. The predicted molar refractivity (Wildman–Crippen MR) is 72.6 cm³/mol. The van der Waals surface area contributed by atoms with E-state index < -0.39 is 0 Å². The number of hydrogen-bond acceptors (Lipinski definition) is 4. The maximum Gasteiger partial charge on any atom is 0.206 e. The molecule has 0 aliphatic rings. The highest BCUT2D eigenvalue weighted by Crippen LogP contribution is 2.13. The van der Waals surface area contributed by atoms with Crippen LogP contribution in [0, 0.1) is 16.7 Å². The lowest BCUT2D eigenvalue weighted by Crippen LogP contribution is -2.25. The minimum Gasteiger partial charge on any atom is -0.374 e. The second-order valence-corrected chi connectivity index (χ2v) is 3.70. The van der Waals surface area contributed by atoms with Crippen molar-refractivity contribution >= 4 is 17.9 Å². The smallest absolute Gasteiger partial charge is 0.206 e. The third-order valence-corrected chi connectivity index (χ3v) is 2.29. The SMILES string of the molecule is CN(CCC#N)c1ccc(/C=N/NC(=N)N)cc1. The zero-order valence-electron chi connectivity index (χ0n) is 10.2. The number of nitrogens with two attached hydrogens (primary N) is 1. The highest BCUT2D eigenvalue weighted by molar-refractivity contribution is 5.82. The molecule has 94 valence electrons. The Bertz CT molecular complexity index is 456. The highest BCUT2D eigenvalue weighted by Gasteiger charge is 1.99. The van der Waals surface area contributed by atoms with E-state index in [0.717, 1.165) is 11.3 Å². The van der Waals surface area contributed by atoms with Crippen LogP contribution in [-0.2, 0) is 0 Å². The summed E-state index contributed by atoms with van der Waals surface area (Å²) < 4.78 is 0. The first-order valence-corrected chi connectivity index (χ1v) is 5.44. The maximum atomic E-state index is 8.52. The minimum atomic E-state index is -0.195. The molecule has 0 heterocycles. The Morgan fingerprint density at radius 3 is 2.78 bits per heavy atom. The summed E-state index contributed by atoms with van der Waals surface area (Å²) >= 11 is 0. The van der Waals surface area contributed by atoms with Gasteiger partial charge in [0.15, 0.2) is 0 Å². The third kappa shape index (κ3) is 4.53. The van der Waals surface area contributed by atoms with E-state index in [1.165, 1.54) is 0 Å². The fourth-order valence-electron chi connectivity index (χ4n) is 1.34. The summed E-state index contributed by atoms with van der Waals surface area (Å²) in [5, 5.41) is 19.2. The van der Waals surface area contributed by atoms with Crippen LogP contribution in [0.3, 0.4) is 0 Å². The average Bonchev–Trinajstić information content (AvgIpc) is 2.36. The van der Waals surface area contributed by atoms with Crippen LogP contribution >= 0.6 is 0 Å². The van der Waals surface area contributed by atoms with Crippen molar-refractivity contribution in [1.82, 2.24) is 5.43 Å². The fourth-order valence-corrected chi connectivity index (χ4v) is 1.34. The zero-order chi connectivity index (χ0) is 13.4. The molecule has 0 atom stereocenters. The van der Waals surface area contributed by atoms with Gasteiger partial charge in [-0.15, -0.1) is 0 Å². The molecule has 0 aliphatic heterocycles. The summed E-state index contributed by atoms with van der Waals surface area (Å²) in [7, 11) is 1.94. The molecule has 0 bridgehead atoms. The lowest BCUT2D eigenvalue weighted by Gasteiger charge is -2.17. The van der Waals surface area contributed by atoms with Crippen molar-refractivity contribution in [3.8, 4) is 6.07 Å². The summed E-state index contributed by atoms with van der Waals surface area (Å²) in [6, 6.07) is 9.83. The van der Waals surface area contributed by atoms with Crippen LogP contribution < -0.4 is 16.1 Å². The van der Waals surface area contributed by atoms with Gasteiger partial charge in [0.05, 0.1) is 18.7 Å². The van der Waals surface area contributed by atoms with E-state index in [1.54, 1.807) is 6.21 Å². The minimum absolute atomic E-state index is 0.195. The Morgan fingerprint density at radius 1 is 1.56 bits per heavy atom. The van der Waals surface area contributed by atoms with E-state index in [-0.39, 0.29) is 5.96 Å². The van der Waals surface area contributed by atoms with Crippen LogP contribution in [0.15, 0.2) is 29.4 Å². The van der Waals surface area contributed by atoms with Crippen molar-refractivity contribution in [3.05, 3.63) is 29.8 Å². The number of benzene rings is 1. The number of hydrazone groups is 1. The van der Waals surface area contributed by atoms with E-state index >= 15 is 0 Å². The molecule has 6 nitrogen and oxygen atoms in total. The molecule has 1 aromatic rings. The molecule has 6 heteroatoms. The summed E-state index contributed by atoms with van der Waals surface area (Å²) in [6.45, 7) is 0.704. The van der Waals surface area contributed by atoms with Gasteiger partial charge in [-0.2, -0.15) is 10.4 Å². The molecule has 0 aliphatic carbocycles. The molecule has 1 rings (SSSR count). The summed E-state index contributed by atoms with van der Waals surface area (Å²) in [4.78, 5) is 2.01. The maximum absolute atomic E-state index is 8.52. The van der Waals surface area contributed by atoms with Crippen molar-refractivity contribution in [3.63, 3.8) is 0 Å². The number of hydrogen-bond donors (Lipinski definition) is 3. The van der Waals surface area contributed by atoms with Gasteiger partial charge in [-0.1, -0.05) is 12.1 Å². The first kappa shape index (κ1) is 13.5. The molecule has 0 amide bonds.